The van der Waals surface area contributed by atoms with E-state index in [-0.39, 0.29) is 6.42 Å². The summed E-state index contributed by atoms with van der Waals surface area (Å²) < 4.78 is 6.93. The summed E-state index contributed by atoms with van der Waals surface area (Å²) in [6.07, 6.45) is 4.02. The highest BCUT2D eigenvalue weighted by Crippen LogP contribution is 2.22. The Morgan fingerprint density at radius 2 is 1.72 bits per heavy atom. The van der Waals surface area contributed by atoms with Crippen LogP contribution < -0.4 is 15.4 Å². The van der Waals surface area contributed by atoms with Crippen molar-refractivity contribution in [2.24, 2.45) is 0 Å². The first kappa shape index (κ1) is 19.8. The molecule has 2 N–H and O–H groups in total. The fourth-order valence-corrected chi connectivity index (χ4v) is 2.64. The van der Waals surface area contributed by atoms with E-state index in [0.717, 1.165) is 0 Å². The van der Waals surface area contributed by atoms with Crippen LogP contribution in [0.2, 0.25) is 0 Å². The summed E-state index contributed by atoms with van der Waals surface area (Å²) >= 11 is 0. The molecule has 0 aliphatic rings. The number of amides is 2. The van der Waals surface area contributed by atoms with E-state index in [0.29, 0.717) is 17.2 Å². The first-order chi connectivity index (χ1) is 14.0. The van der Waals surface area contributed by atoms with Crippen LogP contribution in [0, 0.1) is 0 Å². The fourth-order valence-electron chi connectivity index (χ4n) is 2.64. The Hall–Kier alpha value is -3.94. The van der Waals surface area contributed by atoms with Gasteiger partial charge in [0.1, 0.15) is 23.9 Å². The highest BCUT2D eigenvalue weighted by Gasteiger charge is 2.24. The lowest BCUT2D eigenvalue weighted by Gasteiger charge is -2.16. The molecule has 3 aromatic rings. The summed E-state index contributed by atoms with van der Waals surface area (Å²) in [7, 11) is 0. The largest absolute Gasteiger partial charge is 0.457 e. The number of nitrogens with zero attached hydrogens (tertiary/aromatic N) is 2. The molecule has 0 bridgehead atoms. The van der Waals surface area contributed by atoms with E-state index in [1.807, 2.05) is 30.3 Å². The van der Waals surface area contributed by atoms with Crippen molar-refractivity contribution in [3.05, 3.63) is 73.3 Å². The van der Waals surface area contributed by atoms with Crippen LogP contribution in [0.15, 0.2) is 73.3 Å². The van der Waals surface area contributed by atoms with Gasteiger partial charge in [-0.25, -0.2) is 4.98 Å². The summed E-state index contributed by atoms with van der Waals surface area (Å²) in [4.78, 5) is 40.1. The third-order valence-corrected chi connectivity index (χ3v) is 3.94. The predicted molar refractivity (Wildman–Crippen MR) is 107 cm³/mol. The van der Waals surface area contributed by atoms with E-state index in [1.54, 1.807) is 24.3 Å². The van der Waals surface area contributed by atoms with Crippen LogP contribution in [0.4, 0.5) is 5.69 Å². The molecule has 0 saturated heterocycles. The van der Waals surface area contributed by atoms with E-state index in [2.05, 4.69) is 15.6 Å². The Labute approximate surface area is 167 Å². The maximum atomic E-state index is 12.5. The molecule has 8 nitrogen and oxygen atoms in total. The molecule has 0 saturated carbocycles. The van der Waals surface area contributed by atoms with Gasteiger partial charge in [0.15, 0.2) is 0 Å². The van der Waals surface area contributed by atoms with Crippen LogP contribution in [0.25, 0.3) is 0 Å². The number of rotatable bonds is 7. The summed E-state index contributed by atoms with van der Waals surface area (Å²) in [6.45, 7) is 1.29. The van der Waals surface area contributed by atoms with Gasteiger partial charge >= 0.3 is 0 Å². The number of aromatic nitrogens is 2. The molecule has 0 aliphatic carbocycles. The molecule has 0 spiro atoms. The minimum Gasteiger partial charge on any atom is -0.457 e. The lowest BCUT2D eigenvalue weighted by atomic mass is 10.1. The number of ether oxygens (including phenoxy) is 1. The summed E-state index contributed by atoms with van der Waals surface area (Å²) in [5.74, 6) is 0.0770. The third-order valence-electron chi connectivity index (χ3n) is 3.94. The third kappa shape index (κ3) is 5.77. The Kier molecular flexibility index (Phi) is 6.36. The van der Waals surface area contributed by atoms with Crippen LogP contribution in [0.1, 0.15) is 18.1 Å². The van der Waals surface area contributed by atoms with Crippen LogP contribution >= 0.6 is 0 Å². The number of anilines is 1. The van der Waals surface area contributed by atoms with Gasteiger partial charge in [0.25, 0.3) is 5.91 Å². The SMILES string of the molecule is CC(=O)N[C@@H](CC(=O)Nc1ccc(Oc2ccccc2)cc1)C(=O)n1ccnc1. The van der Waals surface area contributed by atoms with Crippen molar-refractivity contribution in [1.82, 2.24) is 14.9 Å². The second-order valence-corrected chi connectivity index (χ2v) is 6.25. The molecule has 0 aliphatic heterocycles. The molecular formula is C21H20N4O4. The number of carbonyl (C=O) groups is 3. The number of hydrogen-bond acceptors (Lipinski definition) is 5. The predicted octanol–water partition coefficient (Wildman–Crippen LogP) is 2.85. The topological polar surface area (TPSA) is 102 Å². The Bertz CT molecular complexity index is 970. The van der Waals surface area contributed by atoms with Gasteiger partial charge in [0.05, 0.1) is 6.42 Å². The minimum absolute atomic E-state index is 0.209. The average molecular weight is 392 g/mol. The van der Waals surface area contributed by atoms with Gasteiger partial charge in [-0.3, -0.25) is 19.0 Å². The molecule has 1 aromatic heterocycles. The zero-order chi connectivity index (χ0) is 20.6. The van der Waals surface area contributed by atoms with Crippen molar-refractivity contribution in [1.29, 1.82) is 0 Å². The molecule has 3 rings (SSSR count). The molecule has 1 heterocycles. The molecule has 0 radical (unpaired) electrons. The average Bonchev–Trinajstić information content (AvgIpc) is 3.24. The van der Waals surface area contributed by atoms with Crippen molar-refractivity contribution in [3.8, 4) is 11.5 Å². The first-order valence-electron chi connectivity index (χ1n) is 8.93. The molecule has 0 fully saturated rings. The molecule has 2 amide bonds. The molecule has 29 heavy (non-hydrogen) atoms. The zero-order valence-corrected chi connectivity index (χ0v) is 15.7. The molecule has 1 atom stereocenters. The summed E-state index contributed by atoms with van der Waals surface area (Å²) in [6, 6.07) is 15.2. The quantitative estimate of drug-likeness (QED) is 0.644. The van der Waals surface area contributed by atoms with Crippen molar-refractivity contribution in [2.45, 2.75) is 19.4 Å². The highest BCUT2D eigenvalue weighted by atomic mass is 16.5. The van der Waals surface area contributed by atoms with Crippen molar-refractivity contribution < 1.29 is 19.1 Å². The number of benzene rings is 2. The van der Waals surface area contributed by atoms with Crippen molar-refractivity contribution in [2.75, 3.05) is 5.32 Å². The second kappa shape index (κ2) is 9.32. The van der Waals surface area contributed by atoms with Gasteiger partial charge in [-0.15, -0.1) is 0 Å². The number of carbonyl (C=O) groups excluding carboxylic acids is 3. The van der Waals surface area contributed by atoms with E-state index in [4.69, 9.17) is 4.74 Å². The van der Waals surface area contributed by atoms with Gasteiger partial charge in [-0.2, -0.15) is 0 Å². The Morgan fingerprint density at radius 1 is 1.03 bits per heavy atom. The van der Waals surface area contributed by atoms with E-state index in [1.165, 1.54) is 30.2 Å². The monoisotopic (exact) mass is 392 g/mol. The van der Waals surface area contributed by atoms with Crippen LogP contribution in [0.3, 0.4) is 0 Å². The van der Waals surface area contributed by atoms with Gasteiger partial charge in [0.2, 0.25) is 11.8 Å². The zero-order valence-electron chi connectivity index (χ0n) is 15.7. The standard InChI is InChI=1S/C21H20N4O4/c1-15(26)23-19(21(28)25-12-11-22-14-25)13-20(27)24-16-7-9-18(10-8-16)29-17-5-3-2-4-6-17/h2-12,14,19H,13H2,1H3,(H,23,26)(H,24,27)/t19-/m0/s1. The van der Waals surface area contributed by atoms with Gasteiger partial charge in [-0.05, 0) is 36.4 Å². The molecule has 8 heteroatoms. The number of para-hydroxylation sites is 1. The normalized spacial score (nSPS) is 11.3. The Morgan fingerprint density at radius 3 is 2.34 bits per heavy atom. The maximum Gasteiger partial charge on any atom is 0.254 e. The van der Waals surface area contributed by atoms with E-state index in [9.17, 15) is 14.4 Å². The molecule has 0 unspecified atom stereocenters. The number of imidazole rings is 1. The van der Waals surface area contributed by atoms with Crippen LogP contribution in [0.5, 0.6) is 11.5 Å². The summed E-state index contributed by atoms with van der Waals surface area (Å²) in [5, 5.41) is 5.22. The van der Waals surface area contributed by atoms with Gasteiger partial charge < -0.3 is 15.4 Å². The molecular weight excluding hydrogens is 372 g/mol. The highest BCUT2D eigenvalue weighted by molar-refractivity contribution is 5.97. The van der Waals surface area contributed by atoms with Gasteiger partial charge in [-0.1, -0.05) is 18.2 Å². The van der Waals surface area contributed by atoms with Crippen molar-refractivity contribution in [3.63, 3.8) is 0 Å². The van der Waals surface area contributed by atoms with Gasteiger partial charge in [0, 0.05) is 25.0 Å². The van der Waals surface area contributed by atoms with Crippen LogP contribution in [-0.4, -0.2) is 33.3 Å². The van der Waals surface area contributed by atoms with Crippen LogP contribution in [-0.2, 0) is 9.59 Å². The molecule has 2 aromatic carbocycles. The second-order valence-electron chi connectivity index (χ2n) is 6.25. The fraction of sp³-hybridized carbons (Fsp3) is 0.143. The lowest BCUT2D eigenvalue weighted by Crippen LogP contribution is -2.44. The first-order valence-corrected chi connectivity index (χ1v) is 8.93. The van der Waals surface area contributed by atoms with Crippen molar-refractivity contribution >= 4 is 23.4 Å². The summed E-state index contributed by atoms with van der Waals surface area (Å²) in [5.41, 5.74) is 0.548. The molecule has 148 valence electrons. The Balaban J connectivity index is 1.60. The maximum absolute atomic E-state index is 12.5. The number of nitrogens with one attached hydrogen (secondary N) is 2. The lowest BCUT2D eigenvalue weighted by molar-refractivity contribution is -0.120. The smallest absolute Gasteiger partial charge is 0.254 e. The minimum atomic E-state index is -0.998. The number of hydrogen-bond donors (Lipinski definition) is 2. The van der Waals surface area contributed by atoms with E-state index < -0.39 is 23.8 Å². The van der Waals surface area contributed by atoms with E-state index >= 15 is 0 Å².